The van der Waals surface area contributed by atoms with E-state index in [0.717, 1.165) is 21.7 Å². The fourth-order valence-electron chi connectivity index (χ4n) is 5.73. The van der Waals surface area contributed by atoms with E-state index in [2.05, 4.69) is 20.9 Å². The third-order valence-corrected chi connectivity index (χ3v) is 9.58. The molecule has 0 radical (unpaired) electrons. The molecule has 3 rings (SSSR count). The number of hydrogen-bond acceptors (Lipinski definition) is 9. The molecule has 49 heavy (non-hydrogen) atoms. The van der Waals surface area contributed by atoms with Gasteiger partial charge in [-0.25, -0.2) is 4.98 Å². The number of aliphatic hydroxyl groups excluding tert-OH is 1. The standard InChI is InChI=1S/C36H55N5O7S/c1-22-28(49-21-39-22)24-14-12-23(13-15-24)18-37-30(44)26-16-25(42)19-41(26)31(45)29(33(2,3)4)40-27(43)17-34(5,6)48-36(9,10)32(46)38-20-35(7,8)47-11/h12-15,21,25-26,29,42H,16-20H2,1-11H3,(H,37,44)(H,38,46)(H,40,43)/t25-,26+,29?/m1/s1. The summed E-state index contributed by atoms with van der Waals surface area (Å²) >= 11 is 1.57. The van der Waals surface area contributed by atoms with Gasteiger partial charge in [0.05, 0.1) is 39.8 Å². The summed E-state index contributed by atoms with van der Waals surface area (Å²) < 4.78 is 11.5. The molecule has 0 saturated carbocycles. The Kier molecular flexibility index (Phi) is 12.8. The molecule has 0 spiro atoms. The highest BCUT2D eigenvalue weighted by Crippen LogP contribution is 2.29. The smallest absolute Gasteiger partial charge is 0.251 e. The van der Waals surface area contributed by atoms with Crippen LogP contribution < -0.4 is 16.0 Å². The van der Waals surface area contributed by atoms with E-state index in [1.807, 2.05) is 71.3 Å². The molecular weight excluding hydrogens is 646 g/mol. The maximum atomic E-state index is 14.0. The highest BCUT2D eigenvalue weighted by molar-refractivity contribution is 7.13. The van der Waals surface area contributed by atoms with Gasteiger partial charge in [0.25, 0.3) is 5.91 Å². The van der Waals surface area contributed by atoms with Gasteiger partial charge < -0.3 is 35.4 Å². The topological polar surface area (TPSA) is 159 Å². The Balaban J connectivity index is 1.65. The van der Waals surface area contributed by atoms with Crippen molar-refractivity contribution in [1.82, 2.24) is 25.8 Å². The third kappa shape index (κ3) is 11.1. The number of β-amino-alcohol motifs (C(OH)–C–C–N with tert-alkyl or cyclic N) is 1. The lowest BCUT2D eigenvalue weighted by Crippen LogP contribution is -2.58. The summed E-state index contributed by atoms with van der Waals surface area (Å²) in [6.45, 7) is 18.3. The van der Waals surface area contributed by atoms with Crippen LogP contribution in [-0.2, 0) is 35.2 Å². The van der Waals surface area contributed by atoms with Gasteiger partial charge in [0.1, 0.15) is 17.7 Å². The van der Waals surface area contributed by atoms with Gasteiger partial charge in [-0.3, -0.25) is 19.2 Å². The van der Waals surface area contributed by atoms with Gasteiger partial charge in [0.2, 0.25) is 17.7 Å². The third-order valence-electron chi connectivity index (χ3n) is 8.60. The maximum absolute atomic E-state index is 14.0. The molecule has 1 aromatic heterocycles. The van der Waals surface area contributed by atoms with Crippen LogP contribution in [0.2, 0.25) is 0 Å². The minimum atomic E-state index is -1.26. The second-order valence-electron chi connectivity index (χ2n) is 15.6. The van der Waals surface area contributed by atoms with Crippen molar-refractivity contribution in [2.24, 2.45) is 5.41 Å². The number of nitrogens with zero attached hydrogens (tertiary/aromatic N) is 2. The molecule has 4 N–H and O–H groups in total. The summed E-state index contributed by atoms with van der Waals surface area (Å²) in [5.74, 6) is -1.64. The molecule has 4 amide bonds. The monoisotopic (exact) mass is 701 g/mol. The molecule has 1 aliphatic heterocycles. The number of methoxy groups -OCH3 is 1. The number of nitrogens with one attached hydrogen (secondary N) is 3. The van der Waals surface area contributed by atoms with Crippen LogP contribution in [0.3, 0.4) is 0 Å². The van der Waals surface area contributed by atoms with Crippen molar-refractivity contribution in [3.63, 3.8) is 0 Å². The van der Waals surface area contributed by atoms with Crippen molar-refractivity contribution in [3.8, 4) is 10.4 Å². The summed E-state index contributed by atoms with van der Waals surface area (Å²) in [5, 5.41) is 19.2. The highest BCUT2D eigenvalue weighted by Gasteiger charge is 2.45. The highest BCUT2D eigenvalue weighted by atomic mass is 32.1. The lowest BCUT2D eigenvalue weighted by molar-refractivity contribution is -0.167. The summed E-state index contributed by atoms with van der Waals surface area (Å²) in [7, 11) is 1.57. The predicted octanol–water partition coefficient (Wildman–Crippen LogP) is 3.73. The summed E-state index contributed by atoms with van der Waals surface area (Å²) in [4.78, 5) is 60.6. The van der Waals surface area contributed by atoms with Crippen molar-refractivity contribution < 1.29 is 33.8 Å². The van der Waals surface area contributed by atoms with E-state index in [0.29, 0.717) is 0 Å². The lowest BCUT2D eigenvalue weighted by Gasteiger charge is -2.38. The van der Waals surface area contributed by atoms with Crippen molar-refractivity contribution in [2.45, 2.75) is 124 Å². The normalized spacial score (nSPS) is 17.8. The Morgan fingerprint density at radius 3 is 2.18 bits per heavy atom. The minimum Gasteiger partial charge on any atom is -0.391 e. The van der Waals surface area contributed by atoms with Crippen LogP contribution >= 0.6 is 11.3 Å². The number of amides is 4. The van der Waals surface area contributed by atoms with Gasteiger partial charge in [0, 0.05) is 33.2 Å². The summed E-state index contributed by atoms with van der Waals surface area (Å²) in [5.41, 5.74) is 1.09. The number of aliphatic hydroxyl groups is 1. The lowest BCUT2D eigenvalue weighted by atomic mass is 9.85. The quantitative estimate of drug-likeness (QED) is 0.232. The van der Waals surface area contributed by atoms with Gasteiger partial charge in [0.15, 0.2) is 0 Å². The molecule has 1 aliphatic rings. The zero-order valence-electron chi connectivity index (χ0n) is 30.9. The number of likely N-dealkylation sites (tertiary alicyclic amines) is 1. The van der Waals surface area contributed by atoms with Gasteiger partial charge in [-0.2, -0.15) is 0 Å². The molecule has 3 atom stereocenters. The fourth-order valence-corrected chi connectivity index (χ4v) is 6.54. The van der Waals surface area contributed by atoms with E-state index in [-0.39, 0.29) is 44.3 Å². The molecule has 1 saturated heterocycles. The van der Waals surface area contributed by atoms with Gasteiger partial charge in [-0.1, -0.05) is 45.0 Å². The number of carbonyl (C=O) groups excluding carboxylic acids is 4. The van der Waals surface area contributed by atoms with Gasteiger partial charge >= 0.3 is 0 Å². The van der Waals surface area contributed by atoms with Crippen LogP contribution in [0.5, 0.6) is 0 Å². The summed E-state index contributed by atoms with van der Waals surface area (Å²) in [6.07, 6.45) is -0.930. The zero-order valence-corrected chi connectivity index (χ0v) is 31.7. The number of aromatic nitrogens is 1. The van der Waals surface area contributed by atoms with Crippen molar-refractivity contribution in [3.05, 3.63) is 41.0 Å². The molecule has 2 heterocycles. The number of hydrogen-bond donors (Lipinski definition) is 4. The van der Waals surface area contributed by atoms with Crippen LogP contribution in [-0.4, -0.2) is 93.8 Å². The molecule has 1 unspecified atom stereocenters. The minimum absolute atomic E-state index is 0.0277. The number of carbonyl (C=O) groups is 4. The first-order valence-corrected chi connectivity index (χ1v) is 17.5. The van der Waals surface area contributed by atoms with E-state index < -0.39 is 52.2 Å². The van der Waals surface area contributed by atoms with Crippen LogP contribution in [0, 0.1) is 12.3 Å². The molecule has 272 valence electrons. The average molecular weight is 702 g/mol. The van der Waals surface area contributed by atoms with Gasteiger partial charge in [-0.05, 0) is 65.0 Å². The zero-order chi connectivity index (χ0) is 36.9. The molecule has 1 aromatic carbocycles. The first kappa shape index (κ1) is 40.0. The Morgan fingerprint density at radius 2 is 1.63 bits per heavy atom. The number of ether oxygens (including phenoxy) is 2. The Hall–Kier alpha value is -3.39. The second-order valence-corrected chi connectivity index (χ2v) is 16.5. The average Bonchev–Trinajstić information content (AvgIpc) is 3.61. The van der Waals surface area contributed by atoms with Crippen molar-refractivity contribution in [2.75, 3.05) is 20.2 Å². The number of rotatable bonds is 14. The second kappa shape index (κ2) is 15.7. The molecule has 0 aliphatic carbocycles. The van der Waals surface area contributed by atoms with Crippen LogP contribution in [0.1, 0.15) is 86.4 Å². The SMILES string of the molecule is COC(C)(C)CNC(=O)C(C)(C)OC(C)(C)CC(=O)NC(C(=O)N1C[C@H](O)C[C@H]1C(=O)NCc1ccc(-c2scnc2C)cc1)C(C)(C)C. The molecule has 0 bridgehead atoms. The van der Waals surface area contributed by atoms with Crippen LogP contribution in [0.15, 0.2) is 29.8 Å². The van der Waals surface area contributed by atoms with E-state index in [1.54, 1.807) is 46.1 Å². The largest absolute Gasteiger partial charge is 0.391 e. The molecule has 12 nitrogen and oxygen atoms in total. The number of aryl methyl sites for hydroxylation is 1. The fraction of sp³-hybridized carbons (Fsp3) is 0.639. The van der Waals surface area contributed by atoms with E-state index in [9.17, 15) is 24.3 Å². The Morgan fingerprint density at radius 1 is 1.00 bits per heavy atom. The van der Waals surface area contributed by atoms with Crippen molar-refractivity contribution in [1.29, 1.82) is 0 Å². The Bertz CT molecular complexity index is 1480. The van der Waals surface area contributed by atoms with Crippen LogP contribution in [0.25, 0.3) is 10.4 Å². The first-order valence-electron chi connectivity index (χ1n) is 16.6. The molecular formula is C36H55N5O7S. The van der Waals surface area contributed by atoms with E-state index in [4.69, 9.17) is 9.47 Å². The summed E-state index contributed by atoms with van der Waals surface area (Å²) in [6, 6.07) is 5.96. The maximum Gasteiger partial charge on any atom is 0.251 e. The number of benzene rings is 1. The van der Waals surface area contributed by atoms with Crippen molar-refractivity contribution >= 4 is 35.0 Å². The predicted molar refractivity (Wildman–Crippen MR) is 190 cm³/mol. The molecule has 13 heteroatoms. The van der Waals surface area contributed by atoms with E-state index in [1.165, 1.54) is 4.90 Å². The van der Waals surface area contributed by atoms with E-state index >= 15 is 0 Å². The Labute approximate surface area is 294 Å². The molecule has 1 fully saturated rings. The molecule has 2 aromatic rings. The van der Waals surface area contributed by atoms with Gasteiger partial charge in [-0.15, -0.1) is 11.3 Å². The van der Waals surface area contributed by atoms with Crippen LogP contribution in [0.4, 0.5) is 0 Å². The first-order chi connectivity index (χ1) is 22.5. The number of thiazole rings is 1.